The summed E-state index contributed by atoms with van der Waals surface area (Å²) in [5.41, 5.74) is 0.714. The van der Waals surface area contributed by atoms with Crippen LogP contribution < -0.4 is 14.9 Å². The van der Waals surface area contributed by atoms with Crippen LogP contribution in [0, 0.1) is 5.82 Å². The fourth-order valence-corrected chi connectivity index (χ4v) is 4.31. The Morgan fingerprint density at radius 3 is 2.41 bits per heavy atom. The SMILES string of the molecule is O=C(Nc1ccc(N2CCOCC2)nc1)c1ccccc1NS(=O)(=O)c1ccc(F)cc1. The largest absolute Gasteiger partial charge is 0.378 e. The lowest BCUT2D eigenvalue weighted by Gasteiger charge is -2.27. The van der Waals surface area contributed by atoms with Crippen LogP contribution in [0.5, 0.6) is 0 Å². The molecule has 4 rings (SSSR count). The van der Waals surface area contributed by atoms with Gasteiger partial charge in [0.1, 0.15) is 11.6 Å². The molecule has 0 unspecified atom stereocenters. The minimum Gasteiger partial charge on any atom is -0.378 e. The highest BCUT2D eigenvalue weighted by Crippen LogP contribution is 2.22. The number of amides is 1. The van der Waals surface area contributed by atoms with Gasteiger partial charge >= 0.3 is 0 Å². The van der Waals surface area contributed by atoms with Crippen LogP contribution in [0.3, 0.4) is 0 Å². The van der Waals surface area contributed by atoms with E-state index in [4.69, 9.17) is 4.74 Å². The van der Waals surface area contributed by atoms with Crippen LogP contribution in [0.2, 0.25) is 0 Å². The van der Waals surface area contributed by atoms with Gasteiger partial charge in [-0.3, -0.25) is 9.52 Å². The Morgan fingerprint density at radius 1 is 1.00 bits per heavy atom. The Hall–Kier alpha value is -3.50. The highest BCUT2D eigenvalue weighted by molar-refractivity contribution is 7.92. The molecule has 1 amide bonds. The van der Waals surface area contributed by atoms with Crippen molar-refractivity contribution in [2.45, 2.75) is 4.90 Å². The van der Waals surface area contributed by atoms with Gasteiger partial charge in [0.05, 0.1) is 41.2 Å². The number of rotatable bonds is 6. The van der Waals surface area contributed by atoms with Crippen LogP contribution in [0.1, 0.15) is 10.4 Å². The number of hydrogen-bond donors (Lipinski definition) is 2. The van der Waals surface area contributed by atoms with Gasteiger partial charge in [-0.2, -0.15) is 0 Å². The van der Waals surface area contributed by atoms with E-state index >= 15 is 0 Å². The van der Waals surface area contributed by atoms with Crippen molar-refractivity contribution in [1.29, 1.82) is 0 Å². The summed E-state index contributed by atoms with van der Waals surface area (Å²) >= 11 is 0. The molecule has 0 aliphatic carbocycles. The van der Waals surface area contributed by atoms with E-state index in [2.05, 4.69) is 19.9 Å². The molecule has 0 radical (unpaired) electrons. The number of ether oxygens (including phenoxy) is 1. The number of nitrogens with one attached hydrogen (secondary N) is 2. The fourth-order valence-electron chi connectivity index (χ4n) is 3.23. The predicted octanol–water partition coefficient (Wildman–Crippen LogP) is 3.11. The number of benzene rings is 2. The van der Waals surface area contributed by atoms with E-state index in [0.29, 0.717) is 18.9 Å². The van der Waals surface area contributed by atoms with E-state index in [1.54, 1.807) is 24.4 Å². The van der Waals surface area contributed by atoms with Crippen LogP contribution >= 0.6 is 0 Å². The van der Waals surface area contributed by atoms with Gasteiger partial charge < -0.3 is 15.0 Å². The molecular formula is C22H21FN4O4S. The monoisotopic (exact) mass is 456 g/mol. The molecule has 0 atom stereocenters. The lowest BCUT2D eigenvalue weighted by atomic mass is 10.1. The van der Waals surface area contributed by atoms with Gasteiger partial charge in [-0.05, 0) is 48.5 Å². The lowest BCUT2D eigenvalue weighted by molar-refractivity contribution is 0.102. The number of sulfonamides is 1. The summed E-state index contributed by atoms with van der Waals surface area (Å²) < 4.78 is 46.1. The Bertz CT molecular complexity index is 1200. The fraction of sp³-hybridized carbons (Fsp3) is 0.182. The van der Waals surface area contributed by atoms with Gasteiger partial charge in [0.2, 0.25) is 0 Å². The van der Waals surface area contributed by atoms with Crippen molar-refractivity contribution in [2.24, 2.45) is 0 Å². The van der Waals surface area contributed by atoms with Crippen molar-refractivity contribution in [2.75, 3.05) is 41.2 Å². The zero-order chi connectivity index (χ0) is 22.6. The lowest BCUT2D eigenvalue weighted by Crippen LogP contribution is -2.36. The quantitative estimate of drug-likeness (QED) is 0.591. The summed E-state index contributed by atoms with van der Waals surface area (Å²) in [6.07, 6.45) is 1.55. The highest BCUT2D eigenvalue weighted by Gasteiger charge is 2.19. The third kappa shape index (κ3) is 5.04. The van der Waals surface area contributed by atoms with E-state index in [9.17, 15) is 17.6 Å². The Balaban J connectivity index is 1.49. The third-order valence-corrected chi connectivity index (χ3v) is 6.26. The van der Waals surface area contributed by atoms with Crippen LogP contribution in [0.15, 0.2) is 71.8 Å². The molecule has 1 aliphatic heterocycles. The summed E-state index contributed by atoms with van der Waals surface area (Å²) in [4.78, 5) is 19.2. The summed E-state index contributed by atoms with van der Waals surface area (Å²) in [6, 6.07) is 14.2. The summed E-state index contributed by atoms with van der Waals surface area (Å²) in [5, 5.41) is 2.73. The summed E-state index contributed by atoms with van der Waals surface area (Å²) in [7, 11) is -4.00. The first-order chi connectivity index (χ1) is 15.4. The van der Waals surface area contributed by atoms with Gasteiger partial charge in [-0.15, -0.1) is 0 Å². The second-order valence-electron chi connectivity index (χ2n) is 7.06. The number of pyridine rings is 1. The predicted molar refractivity (Wildman–Crippen MR) is 119 cm³/mol. The van der Waals surface area contributed by atoms with Crippen molar-refractivity contribution in [1.82, 2.24) is 4.98 Å². The molecule has 2 N–H and O–H groups in total. The number of anilines is 3. The Labute approximate surface area is 185 Å². The van der Waals surface area contributed by atoms with Crippen molar-refractivity contribution in [3.63, 3.8) is 0 Å². The maximum atomic E-state index is 13.1. The molecule has 1 aromatic heterocycles. The molecule has 0 spiro atoms. The number of carbonyl (C=O) groups excluding carboxylic acids is 1. The van der Waals surface area contributed by atoms with Crippen molar-refractivity contribution in [3.8, 4) is 0 Å². The van der Waals surface area contributed by atoms with Crippen molar-refractivity contribution in [3.05, 3.63) is 78.2 Å². The molecule has 2 aromatic carbocycles. The zero-order valence-corrected chi connectivity index (χ0v) is 17.8. The number of aromatic nitrogens is 1. The number of halogens is 1. The maximum Gasteiger partial charge on any atom is 0.261 e. The first-order valence-corrected chi connectivity index (χ1v) is 11.4. The van der Waals surface area contributed by atoms with Crippen LogP contribution in [-0.2, 0) is 14.8 Å². The first-order valence-electron chi connectivity index (χ1n) is 9.90. The van der Waals surface area contributed by atoms with Gasteiger partial charge in [0.25, 0.3) is 15.9 Å². The topological polar surface area (TPSA) is 101 Å². The van der Waals surface area contributed by atoms with E-state index < -0.39 is 21.7 Å². The molecule has 0 saturated carbocycles. The number of morpholine rings is 1. The average molecular weight is 456 g/mol. The standard InChI is InChI=1S/C22H21FN4O4S/c23-16-5-8-18(9-6-16)32(29,30)26-20-4-2-1-3-19(20)22(28)25-17-7-10-21(24-15-17)27-11-13-31-14-12-27/h1-10,15,26H,11-14H2,(H,25,28). The molecule has 1 fully saturated rings. The molecule has 166 valence electrons. The normalized spacial score (nSPS) is 14.1. The van der Waals surface area contributed by atoms with Crippen LogP contribution in [-0.4, -0.2) is 45.6 Å². The summed E-state index contributed by atoms with van der Waals surface area (Å²) in [6.45, 7) is 2.79. The number of carbonyl (C=O) groups is 1. The molecule has 2 heterocycles. The molecule has 10 heteroatoms. The maximum absolute atomic E-state index is 13.1. The molecule has 32 heavy (non-hydrogen) atoms. The van der Waals surface area contributed by atoms with Gasteiger partial charge in [0, 0.05) is 13.1 Å². The average Bonchev–Trinajstić information content (AvgIpc) is 2.80. The molecule has 1 saturated heterocycles. The first kappa shape index (κ1) is 21.7. The van der Waals surface area contributed by atoms with Crippen molar-refractivity contribution < 1.29 is 22.3 Å². The number of nitrogens with zero attached hydrogens (tertiary/aromatic N) is 2. The molecule has 3 aromatic rings. The minimum atomic E-state index is -4.00. The second kappa shape index (κ2) is 9.33. The van der Waals surface area contributed by atoms with Gasteiger partial charge in [-0.1, -0.05) is 12.1 Å². The number of hydrogen-bond acceptors (Lipinski definition) is 6. The van der Waals surface area contributed by atoms with E-state index in [0.717, 1.165) is 43.2 Å². The second-order valence-corrected chi connectivity index (χ2v) is 8.75. The van der Waals surface area contributed by atoms with Gasteiger partial charge in [-0.25, -0.2) is 17.8 Å². The smallest absolute Gasteiger partial charge is 0.261 e. The van der Waals surface area contributed by atoms with Gasteiger partial charge in [0.15, 0.2) is 0 Å². The molecule has 8 nitrogen and oxygen atoms in total. The van der Waals surface area contributed by atoms with E-state index in [1.807, 2.05) is 6.07 Å². The Kier molecular flexibility index (Phi) is 6.33. The zero-order valence-electron chi connectivity index (χ0n) is 17.0. The summed E-state index contributed by atoms with van der Waals surface area (Å²) in [5.74, 6) is -0.251. The van der Waals surface area contributed by atoms with Crippen molar-refractivity contribution >= 4 is 33.1 Å². The highest BCUT2D eigenvalue weighted by atomic mass is 32.2. The van der Waals surface area contributed by atoms with E-state index in [1.165, 1.54) is 12.1 Å². The molecular weight excluding hydrogens is 435 g/mol. The Morgan fingerprint density at radius 2 is 1.72 bits per heavy atom. The third-order valence-electron chi connectivity index (χ3n) is 4.88. The molecule has 0 bridgehead atoms. The van der Waals surface area contributed by atoms with E-state index in [-0.39, 0.29) is 16.1 Å². The minimum absolute atomic E-state index is 0.104. The molecule has 1 aliphatic rings. The van der Waals surface area contributed by atoms with Crippen LogP contribution in [0.25, 0.3) is 0 Å². The number of para-hydroxylation sites is 1. The van der Waals surface area contributed by atoms with Crippen LogP contribution in [0.4, 0.5) is 21.6 Å².